The van der Waals surface area contributed by atoms with Crippen LogP contribution < -0.4 is 10.6 Å². The molecular weight excluding hydrogens is 315 g/mol. The van der Waals surface area contributed by atoms with Crippen molar-refractivity contribution >= 4 is 34.2 Å². The number of halogens is 1. The van der Waals surface area contributed by atoms with Crippen molar-refractivity contribution in [1.82, 2.24) is 5.32 Å². The number of carbonyl (C=O) groups excluding carboxylic acids is 1. The summed E-state index contributed by atoms with van der Waals surface area (Å²) >= 11 is 2.26. The van der Waals surface area contributed by atoms with Crippen LogP contribution in [0.25, 0.3) is 0 Å². The van der Waals surface area contributed by atoms with Crippen molar-refractivity contribution in [3.8, 4) is 0 Å². The lowest BCUT2D eigenvalue weighted by atomic mass is 10.2. The van der Waals surface area contributed by atoms with Gasteiger partial charge in [0.05, 0.1) is 0 Å². The second-order valence-electron chi connectivity index (χ2n) is 4.16. The van der Waals surface area contributed by atoms with Crippen LogP contribution in [0.5, 0.6) is 0 Å². The highest BCUT2D eigenvalue weighted by Gasteiger charge is 2.25. The van der Waals surface area contributed by atoms with Gasteiger partial charge in [0.1, 0.15) is 6.04 Å². The summed E-state index contributed by atoms with van der Waals surface area (Å²) in [4.78, 5) is 11.7. The van der Waals surface area contributed by atoms with Crippen LogP contribution in [0.1, 0.15) is 19.8 Å². The van der Waals surface area contributed by atoms with Gasteiger partial charge in [-0.15, -0.1) is 0 Å². The first kappa shape index (κ1) is 11.7. The largest absolute Gasteiger partial charge is 0.374 e. The van der Waals surface area contributed by atoms with Gasteiger partial charge in [-0.1, -0.05) is 0 Å². The Morgan fingerprint density at radius 2 is 2.00 bits per heavy atom. The van der Waals surface area contributed by atoms with Gasteiger partial charge >= 0.3 is 0 Å². The molecule has 1 aromatic carbocycles. The Hall–Kier alpha value is -0.780. The normalized spacial score (nSPS) is 16.6. The van der Waals surface area contributed by atoms with Crippen LogP contribution in [0.3, 0.4) is 0 Å². The second-order valence-corrected chi connectivity index (χ2v) is 5.40. The van der Waals surface area contributed by atoms with Crippen molar-refractivity contribution in [2.45, 2.75) is 31.8 Å². The zero-order chi connectivity index (χ0) is 11.5. The van der Waals surface area contributed by atoms with Crippen molar-refractivity contribution in [1.29, 1.82) is 0 Å². The van der Waals surface area contributed by atoms with E-state index in [0.29, 0.717) is 6.04 Å². The predicted octanol–water partition coefficient (Wildman–Crippen LogP) is 2.37. The van der Waals surface area contributed by atoms with Gasteiger partial charge in [0.15, 0.2) is 0 Å². The molecule has 3 nitrogen and oxygen atoms in total. The Labute approximate surface area is 109 Å². The number of nitrogens with one attached hydrogen (secondary N) is 2. The fourth-order valence-electron chi connectivity index (χ4n) is 1.42. The Balaban J connectivity index is 1.87. The molecule has 0 heterocycles. The molecule has 0 aromatic heterocycles. The third-order valence-electron chi connectivity index (χ3n) is 2.54. The molecule has 0 radical (unpaired) electrons. The van der Waals surface area contributed by atoms with Gasteiger partial charge in [0.25, 0.3) is 0 Å². The first-order chi connectivity index (χ1) is 7.65. The van der Waals surface area contributed by atoms with Crippen molar-refractivity contribution < 1.29 is 4.79 Å². The monoisotopic (exact) mass is 330 g/mol. The third-order valence-corrected chi connectivity index (χ3v) is 3.26. The van der Waals surface area contributed by atoms with E-state index in [2.05, 4.69) is 33.2 Å². The molecule has 16 heavy (non-hydrogen) atoms. The molecular formula is C12H15IN2O. The molecule has 0 bridgehead atoms. The number of hydrogen-bond donors (Lipinski definition) is 2. The van der Waals surface area contributed by atoms with E-state index in [1.807, 2.05) is 31.2 Å². The maximum absolute atomic E-state index is 11.7. The SMILES string of the molecule is C[C@H](Nc1ccc(I)cc1)C(=O)NC1CC1. The maximum Gasteiger partial charge on any atom is 0.242 e. The van der Waals surface area contributed by atoms with Crippen molar-refractivity contribution in [2.24, 2.45) is 0 Å². The Morgan fingerprint density at radius 3 is 2.56 bits per heavy atom. The van der Waals surface area contributed by atoms with Gasteiger partial charge < -0.3 is 10.6 Å². The molecule has 1 fully saturated rings. The highest BCUT2D eigenvalue weighted by molar-refractivity contribution is 14.1. The number of amides is 1. The van der Waals surface area contributed by atoms with Gasteiger partial charge in [0.2, 0.25) is 5.91 Å². The minimum Gasteiger partial charge on any atom is -0.374 e. The molecule has 1 saturated carbocycles. The zero-order valence-electron chi connectivity index (χ0n) is 9.16. The molecule has 0 saturated heterocycles. The second kappa shape index (κ2) is 5.03. The lowest BCUT2D eigenvalue weighted by Gasteiger charge is -2.14. The Kier molecular flexibility index (Phi) is 3.68. The number of carbonyl (C=O) groups is 1. The first-order valence-electron chi connectivity index (χ1n) is 5.47. The molecule has 86 valence electrons. The summed E-state index contributed by atoms with van der Waals surface area (Å²) in [5.74, 6) is 0.0843. The number of hydrogen-bond acceptors (Lipinski definition) is 2. The van der Waals surface area contributed by atoms with E-state index < -0.39 is 0 Å². The molecule has 4 heteroatoms. The summed E-state index contributed by atoms with van der Waals surface area (Å²) in [6.45, 7) is 1.88. The molecule has 1 atom stereocenters. The van der Waals surface area contributed by atoms with Crippen molar-refractivity contribution in [3.63, 3.8) is 0 Å². The summed E-state index contributed by atoms with van der Waals surface area (Å²) in [5.41, 5.74) is 0.985. The van der Waals surface area contributed by atoms with E-state index in [0.717, 1.165) is 18.5 Å². The van der Waals surface area contributed by atoms with Gasteiger partial charge in [0, 0.05) is 15.3 Å². The predicted molar refractivity (Wildman–Crippen MR) is 73.4 cm³/mol. The number of benzene rings is 1. The maximum atomic E-state index is 11.7. The zero-order valence-corrected chi connectivity index (χ0v) is 11.3. The quantitative estimate of drug-likeness (QED) is 0.833. The average Bonchev–Trinajstić information content (AvgIpc) is 3.05. The lowest BCUT2D eigenvalue weighted by Crippen LogP contribution is -2.38. The highest BCUT2D eigenvalue weighted by Crippen LogP contribution is 2.19. The fraction of sp³-hybridized carbons (Fsp3) is 0.417. The van der Waals surface area contributed by atoms with Gasteiger partial charge in [-0.25, -0.2) is 0 Å². The van der Waals surface area contributed by atoms with Crippen LogP contribution in [0, 0.1) is 3.57 Å². The average molecular weight is 330 g/mol. The molecule has 1 aromatic rings. The van der Waals surface area contributed by atoms with Crippen LogP contribution >= 0.6 is 22.6 Å². The number of rotatable bonds is 4. The van der Waals surface area contributed by atoms with E-state index in [9.17, 15) is 4.79 Å². The van der Waals surface area contributed by atoms with Gasteiger partial charge in [-0.05, 0) is 66.6 Å². The summed E-state index contributed by atoms with van der Waals surface area (Å²) in [5, 5.41) is 6.17. The van der Waals surface area contributed by atoms with E-state index in [4.69, 9.17) is 0 Å². The van der Waals surface area contributed by atoms with Crippen LogP contribution in [0.4, 0.5) is 5.69 Å². The Morgan fingerprint density at radius 1 is 1.38 bits per heavy atom. The van der Waals surface area contributed by atoms with Crippen LogP contribution in [-0.4, -0.2) is 18.0 Å². The smallest absolute Gasteiger partial charge is 0.242 e. The third kappa shape index (κ3) is 3.37. The lowest BCUT2D eigenvalue weighted by molar-refractivity contribution is -0.121. The molecule has 1 amide bonds. The summed E-state index contributed by atoms with van der Waals surface area (Å²) in [6.07, 6.45) is 2.25. The van der Waals surface area contributed by atoms with Crippen LogP contribution in [0.2, 0.25) is 0 Å². The van der Waals surface area contributed by atoms with E-state index >= 15 is 0 Å². The summed E-state index contributed by atoms with van der Waals surface area (Å²) < 4.78 is 1.19. The van der Waals surface area contributed by atoms with E-state index in [1.165, 1.54) is 3.57 Å². The molecule has 1 aliphatic carbocycles. The van der Waals surface area contributed by atoms with E-state index in [-0.39, 0.29) is 11.9 Å². The van der Waals surface area contributed by atoms with Crippen LogP contribution in [0.15, 0.2) is 24.3 Å². The molecule has 0 unspecified atom stereocenters. The highest BCUT2D eigenvalue weighted by atomic mass is 127. The Bertz CT molecular complexity index is 373. The fourth-order valence-corrected chi connectivity index (χ4v) is 1.78. The first-order valence-corrected chi connectivity index (χ1v) is 6.55. The standard InChI is InChI=1S/C12H15IN2O/c1-8(12(16)15-11-6-7-11)14-10-4-2-9(13)3-5-10/h2-5,8,11,14H,6-7H2,1H3,(H,15,16)/t8-/m0/s1. The number of anilines is 1. The van der Waals surface area contributed by atoms with Gasteiger partial charge in [-0.2, -0.15) is 0 Å². The molecule has 1 aliphatic rings. The van der Waals surface area contributed by atoms with Gasteiger partial charge in [-0.3, -0.25) is 4.79 Å². The summed E-state index contributed by atoms with van der Waals surface area (Å²) in [7, 11) is 0. The minimum absolute atomic E-state index is 0.0843. The van der Waals surface area contributed by atoms with Crippen molar-refractivity contribution in [3.05, 3.63) is 27.8 Å². The topological polar surface area (TPSA) is 41.1 Å². The van der Waals surface area contributed by atoms with Crippen molar-refractivity contribution in [2.75, 3.05) is 5.32 Å². The molecule has 2 N–H and O–H groups in total. The van der Waals surface area contributed by atoms with E-state index in [1.54, 1.807) is 0 Å². The molecule has 0 spiro atoms. The minimum atomic E-state index is -0.180. The summed E-state index contributed by atoms with van der Waals surface area (Å²) in [6, 6.07) is 8.27. The molecule has 0 aliphatic heterocycles. The van der Waals surface area contributed by atoms with Crippen LogP contribution in [-0.2, 0) is 4.79 Å². The molecule has 2 rings (SSSR count).